The van der Waals surface area contributed by atoms with Gasteiger partial charge in [0.1, 0.15) is 0 Å². The smallest absolute Gasteiger partial charge is 0.238 e. The van der Waals surface area contributed by atoms with Gasteiger partial charge in [0, 0.05) is 42.3 Å². The van der Waals surface area contributed by atoms with Gasteiger partial charge in [0.15, 0.2) is 0 Å². The summed E-state index contributed by atoms with van der Waals surface area (Å²) in [5.41, 5.74) is 4.68. The summed E-state index contributed by atoms with van der Waals surface area (Å²) in [6.07, 6.45) is 2.48. The van der Waals surface area contributed by atoms with Crippen LogP contribution in [0.5, 0.6) is 0 Å². The Morgan fingerprint density at radius 1 is 1.06 bits per heavy atom. The second kappa shape index (κ2) is 7.72. The van der Waals surface area contributed by atoms with Gasteiger partial charge in [0.25, 0.3) is 0 Å². The average Bonchev–Trinajstić information content (AvgIpc) is 3.08. The van der Waals surface area contributed by atoms with E-state index in [2.05, 4.69) is 22.0 Å². The van der Waals surface area contributed by atoms with Crippen LogP contribution in [0, 0.1) is 5.92 Å². The average molecular weight is 449 g/mol. The standard InChI is InChI=1S/C24H24N4O3S/c1-16-12-18-7-10-21(32(25,30)31)13-23(18)28(16)24(29)19-14-27(15-19)20-8-5-17(6-9-20)22-4-2-3-11-26-22/h2-11,13,16,19H,12,14-15H2,1H3,(H2,25,30,31)/t16-/m0/s1. The van der Waals surface area contributed by atoms with Crippen molar-refractivity contribution in [1.82, 2.24) is 4.98 Å². The number of anilines is 2. The third-order valence-electron chi connectivity index (χ3n) is 6.26. The van der Waals surface area contributed by atoms with Crippen LogP contribution in [0.2, 0.25) is 0 Å². The van der Waals surface area contributed by atoms with E-state index in [-0.39, 0.29) is 22.8 Å². The lowest BCUT2D eigenvalue weighted by atomic mass is 9.96. The van der Waals surface area contributed by atoms with E-state index < -0.39 is 10.0 Å². The summed E-state index contributed by atoms with van der Waals surface area (Å²) in [5.74, 6) is -0.0961. The zero-order valence-corrected chi connectivity index (χ0v) is 18.5. The molecule has 1 fully saturated rings. The van der Waals surface area contributed by atoms with Gasteiger partial charge in [-0.3, -0.25) is 9.78 Å². The molecule has 164 valence electrons. The maximum Gasteiger partial charge on any atom is 0.238 e. The number of primary sulfonamides is 1. The summed E-state index contributed by atoms with van der Waals surface area (Å²) >= 11 is 0. The molecule has 1 amide bonds. The van der Waals surface area contributed by atoms with Crippen LogP contribution in [-0.2, 0) is 21.2 Å². The molecule has 2 aromatic carbocycles. The van der Waals surface area contributed by atoms with Gasteiger partial charge in [-0.25, -0.2) is 13.6 Å². The fraction of sp³-hybridized carbons (Fsp3) is 0.250. The van der Waals surface area contributed by atoms with Crippen molar-refractivity contribution in [2.75, 3.05) is 22.9 Å². The maximum atomic E-state index is 13.3. The van der Waals surface area contributed by atoms with Crippen LogP contribution in [0.1, 0.15) is 12.5 Å². The number of aromatic nitrogens is 1. The van der Waals surface area contributed by atoms with Crippen LogP contribution >= 0.6 is 0 Å². The molecule has 0 aliphatic carbocycles. The van der Waals surface area contributed by atoms with Crippen LogP contribution in [0.25, 0.3) is 11.3 Å². The molecule has 7 nitrogen and oxygen atoms in total. The maximum absolute atomic E-state index is 13.3. The SMILES string of the molecule is C[C@H]1Cc2ccc(S(N)(=O)=O)cc2N1C(=O)C1CN(c2ccc(-c3ccccn3)cc2)C1. The summed E-state index contributed by atoms with van der Waals surface area (Å²) in [7, 11) is -3.82. The van der Waals surface area contributed by atoms with Crippen molar-refractivity contribution >= 4 is 27.3 Å². The monoisotopic (exact) mass is 448 g/mol. The van der Waals surface area contributed by atoms with Gasteiger partial charge in [0.2, 0.25) is 15.9 Å². The number of rotatable bonds is 4. The number of sulfonamides is 1. The quantitative estimate of drug-likeness (QED) is 0.662. The summed E-state index contributed by atoms with van der Waals surface area (Å²) in [4.78, 5) is 21.6. The number of amides is 1. The summed E-state index contributed by atoms with van der Waals surface area (Å²) in [6.45, 7) is 3.26. The minimum Gasteiger partial charge on any atom is -0.370 e. The van der Waals surface area contributed by atoms with E-state index in [1.54, 1.807) is 17.2 Å². The number of hydrogen-bond acceptors (Lipinski definition) is 5. The zero-order valence-electron chi connectivity index (χ0n) is 17.7. The highest BCUT2D eigenvalue weighted by molar-refractivity contribution is 7.89. The van der Waals surface area contributed by atoms with Crippen molar-refractivity contribution in [3.63, 3.8) is 0 Å². The largest absolute Gasteiger partial charge is 0.370 e. The third-order valence-corrected chi connectivity index (χ3v) is 7.17. The summed E-state index contributed by atoms with van der Waals surface area (Å²) in [6, 6.07) is 18.8. The first-order valence-corrected chi connectivity index (χ1v) is 12.1. The van der Waals surface area contributed by atoms with Crippen LogP contribution in [0.3, 0.4) is 0 Å². The summed E-state index contributed by atoms with van der Waals surface area (Å²) < 4.78 is 23.5. The van der Waals surface area contributed by atoms with Crippen molar-refractivity contribution in [1.29, 1.82) is 0 Å². The number of carbonyl (C=O) groups excluding carboxylic acids is 1. The second-order valence-corrected chi connectivity index (χ2v) is 10.0. The normalized spacial score (nSPS) is 18.4. The zero-order chi connectivity index (χ0) is 22.5. The second-order valence-electron chi connectivity index (χ2n) is 8.46. The first kappa shape index (κ1) is 20.7. The predicted octanol–water partition coefficient (Wildman–Crippen LogP) is 2.81. The van der Waals surface area contributed by atoms with Crippen molar-refractivity contribution in [3.8, 4) is 11.3 Å². The molecule has 3 heterocycles. The fourth-order valence-corrected chi connectivity index (χ4v) is 5.05. The van der Waals surface area contributed by atoms with Gasteiger partial charge in [-0.15, -0.1) is 0 Å². The molecule has 1 atom stereocenters. The lowest BCUT2D eigenvalue weighted by Crippen LogP contribution is -2.55. The molecule has 3 aromatic rings. The van der Waals surface area contributed by atoms with Gasteiger partial charge in [0.05, 0.1) is 16.5 Å². The van der Waals surface area contributed by atoms with E-state index in [1.165, 1.54) is 12.1 Å². The van der Waals surface area contributed by atoms with Crippen LogP contribution in [0.4, 0.5) is 11.4 Å². The Hall–Kier alpha value is -3.23. The molecule has 1 aromatic heterocycles. The van der Waals surface area contributed by atoms with Crippen LogP contribution in [0.15, 0.2) is 71.8 Å². The van der Waals surface area contributed by atoms with Crippen molar-refractivity contribution in [2.24, 2.45) is 11.1 Å². The van der Waals surface area contributed by atoms with Gasteiger partial charge in [-0.05, 0) is 55.3 Å². The molecule has 2 aliphatic rings. The van der Waals surface area contributed by atoms with Crippen LogP contribution in [-0.4, -0.2) is 38.4 Å². The molecule has 0 bridgehead atoms. The molecular weight excluding hydrogens is 424 g/mol. The Morgan fingerprint density at radius 3 is 2.47 bits per heavy atom. The first-order valence-electron chi connectivity index (χ1n) is 10.6. The first-order chi connectivity index (χ1) is 15.3. The molecule has 32 heavy (non-hydrogen) atoms. The molecule has 2 aliphatic heterocycles. The van der Waals surface area contributed by atoms with Gasteiger partial charge in [-0.2, -0.15) is 0 Å². The Labute approximate surface area is 187 Å². The molecule has 5 rings (SSSR count). The number of benzene rings is 2. The Morgan fingerprint density at radius 2 is 1.81 bits per heavy atom. The van der Waals surface area contributed by atoms with E-state index in [0.717, 1.165) is 22.5 Å². The Kier molecular flexibility index (Phi) is 4.98. The minimum absolute atomic E-state index is 0.0139. The molecule has 0 spiro atoms. The highest BCUT2D eigenvalue weighted by Gasteiger charge is 2.40. The summed E-state index contributed by atoms with van der Waals surface area (Å²) in [5, 5.41) is 5.29. The molecule has 1 saturated heterocycles. The van der Waals surface area contributed by atoms with E-state index in [9.17, 15) is 13.2 Å². The number of nitrogens with zero attached hydrogens (tertiary/aromatic N) is 3. The van der Waals surface area contributed by atoms with Gasteiger partial charge in [-0.1, -0.05) is 24.3 Å². The van der Waals surface area contributed by atoms with E-state index in [4.69, 9.17) is 5.14 Å². The van der Waals surface area contributed by atoms with Crippen molar-refractivity contribution < 1.29 is 13.2 Å². The number of carbonyl (C=O) groups is 1. The minimum atomic E-state index is -3.82. The Balaban J connectivity index is 1.29. The third kappa shape index (κ3) is 3.65. The fourth-order valence-electron chi connectivity index (χ4n) is 4.52. The molecule has 0 saturated carbocycles. The highest BCUT2D eigenvalue weighted by atomic mass is 32.2. The van der Waals surface area contributed by atoms with Gasteiger partial charge < -0.3 is 9.80 Å². The molecule has 8 heteroatoms. The number of fused-ring (bicyclic) bond motifs is 1. The lowest BCUT2D eigenvalue weighted by Gasteiger charge is -2.42. The van der Waals surface area contributed by atoms with Crippen molar-refractivity contribution in [2.45, 2.75) is 24.3 Å². The lowest BCUT2D eigenvalue weighted by molar-refractivity contribution is -0.123. The van der Waals surface area contributed by atoms with E-state index >= 15 is 0 Å². The van der Waals surface area contributed by atoms with Gasteiger partial charge >= 0.3 is 0 Å². The van der Waals surface area contributed by atoms with Crippen LogP contribution < -0.4 is 14.9 Å². The van der Waals surface area contributed by atoms with E-state index in [1.807, 2.05) is 37.3 Å². The number of nitrogens with two attached hydrogens (primary N) is 1. The van der Waals surface area contributed by atoms with E-state index in [0.29, 0.717) is 25.2 Å². The predicted molar refractivity (Wildman–Crippen MR) is 124 cm³/mol. The van der Waals surface area contributed by atoms with Crippen molar-refractivity contribution in [3.05, 3.63) is 72.4 Å². The molecule has 0 radical (unpaired) electrons. The molecule has 2 N–H and O–H groups in total. The topological polar surface area (TPSA) is 96.6 Å². The highest BCUT2D eigenvalue weighted by Crippen LogP contribution is 2.37. The molecule has 0 unspecified atom stereocenters. The molecular formula is C24H24N4O3S. The Bertz CT molecular complexity index is 1270. The number of pyridine rings is 1. The number of hydrogen-bond donors (Lipinski definition) is 1.